The molecule has 0 spiro atoms. The minimum absolute atomic E-state index is 0.0210. The van der Waals surface area contributed by atoms with E-state index in [1.807, 2.05) is 0 Å². The summed E-state index contributed by atoms with van der Waals surface area (Å²) in [5.41, 5.74) is 2.24. The van der Waals surface area contributed by atoms with Crippen molar-refractivity contribution >= 4 is 22.0 Å². The molecule has 2 saturated heterocycles. The fraction of sp³-hybridized carbons (Fsp3) is 0.375. The van der Waals surface area contributed by atoms with Crippen molar-refractivity contribution in [1.82, 2.24) is 20.1 Å². The summed E-state index contributed by atoms with van der Waals surface area (Å²) in [5, 5.41) is 7.62. The molecule has 0 bridgehead atoms. The number of piperidine rings is 1. The third-order valence-electron chi connectivity index (χ3n) is 7.74. The van der Waals surface area contributed by atoms with Gasteiger partial charge in [0.2, 0.25) is 11.8 Å². The van der Waals surface area contributed by atoms with E-state index in [1.165, 1.54) is 6.20 Å². The molecule has 2 aliphatic rings. The smallest absolute Gasteiger partial charge is 0.393 e. The molecule has 4 aromatic rings. The molecule has 0 aliphatic carbocycles. The highest BCUT2D eigenvalue weighted by molar-refractivity contribution is 6.00. The second kappa shape index (κ2) is 12.2. The molecule has 4 heterocycles. The van der Waals surface area contributed by atoms with Crippen molar-refractivity contribution in [2.45, 2.75) is 57.0 Å². The summed E-state index contributed by atoms with van der Waals surface area (Å²) in [4.78, 5) is 4.46. The maximum Gasteiger partial charge on any atom is 0.393 e. The van der Waals surface area contributed by atoms with Crippen LogP contribution in [0.4, 0.5) is 17.6 Å². The molecule has 0 saturated carbocycles. The highest BCUT2D eigenvalue weighted by Crippen LogP contribution is 2.40. The lowest BCUT2D eigenvalue weighted by atomic mass is 9.88. The summed E-state index contributed by atoms with van der Waals surface area (Å²) < 4.78 is 70.9. The number of rotatable bonds is 7. The van der Waals surface area contributed by atoms with Crippen LogP contribution >= 0.6 is 0 Å². The van der Waals surface area contributed by atoms with Gasteiger partial charge >= 0.3 is 6.18 Å². The quantitative estimate of drug-likeness (QED) is 0.184. The molecule has 6 nitrogen and oxygen atoms in total. The fourth-order valence-electron chi connectivity index (χ4n) is 5.77. The molecule has 6 rings (SSSR count). The van der Waals surface area contributed by atoms with Gasteiger partial charge in [-0.2, -0.15) is 17.6 Å². The van der Waals surface area contributed by atoms with Crippen LogP contribution in [0.25, 0.3) is 22.0 Å². The second-order valence-electron chi connectivity index (χ2n) is 10.8. The van der Waals surface area contributed by atoms with Crippen LogP contribution < -0.4 is 10.1 Å². The topological polar surface area (TPSA) is 61.2 Å². The summed E-state index contributed by atoms with van der Waals surface area (Å²) >= 11 is 0. The number of halogens is 4. The number of alkyl halides is 3. The Kier molecular flexibility index (Phi) is 8.26. The van der Waals surface area contributed by atoms with Crippen LogP contribution in [0, 0.1) is 5.95 Å². The first kappa shape index (κ1) is 28.4. The van der Waals surface area contributed by atoms with Crippen molar-refractivity contribution < 1.29 is 27.0 Å². The van der Waals surface area contributed by atoms with Gasteiger partial charge in [-0.1, -0.05) is 36.4 Å². The zero-order valence-electron chi connectivity index (χ0n) is 23.0. The number of nitrogens with zero attached hydrogens (tertiary/aromatic N) is 3. The zero-order valence-corrected chi connectivity index (χ0v) is 23.0. The molecular formula is C32H32F4N4O2. The number of aromatic nitrogens is 3. The van der Waals surface area contributed by atoms with Crippen molar-refractivity contribution in [3.05, 3.63) is 89.5 Å². The molecule has 2 fully saturated rings. The van der Waals surface area contributed by atoms with Crippen LogP contribution in [0.3, 0.4) is 0 Å². The summed E-state index contributed by atoms with van der Waals surface area (Å²) in [5.74, 6) is -0.292. The molecule has 2 aromatic heterocycles. The molecule has 2 aliphatic heterocycles. The molecule has 2 atom stereocenters. The molecule has 0 amide bonds. The molecule has 1 N–H and O–H groups in total. The maximum absolute atomic E-state index is 15.3. The van der Waals surface area contributed by atoms with Gasteiger partial charge in [-0.3, -0.25) is 0 Å². The number of hydrogen-bond donors (Lipinski definition) is 1. The molecule has 2 aromatic carbocycles. The van der Waals surface area contributed by atoms with Gasteiger partial charge in [0, 0.05) is 31.0 Å². The number of benzene rings is 2. The Morgan fingerprint density at radius 2 is 1.81 bits per heavy atom. The number of pyridine rings is 1. The lowest BCUT2D eigenvalue weighted by Crippen LogP contribution is -2.37. The Balaban J connectivity index is 1.47. The molecule has 220 valence electrons. The molecule has 10 heteroatoms. The minimum atomic E-state index is -4.49. The number of ether oxygens (including phenoxy) is 2. The van der Waals surface area contributed by atoms with E-state index in [1.54, 1.807) is 65.3 Å². The number of allylic oxidation sites excluding steroid dienone is 1. The first-order valence-electron chi connectivity index (χ1n) is 14.3. The van der Waals surface area contributed by atoms with Crippen LogP contribution in [0.15, 0.2) is 66.9 Å². The van der Waals surface area contributed by atoms with Gasteiger partial charge in [-0.15, -0.1) is 5.10 Å². The van der Waals surface area contributed by atoms with E-state index in [-0.39, 0.29) is 23.3 Å². The van der Waals surface area contributed by atoms with Gasteiger partial charge in [0.1, 0.15) is 6.10 Å². The van der Waals surface area contributed by atoms with E-state index in [9.17, 15) is 13.2 Å². The number of nitrogens with one attached hydrogen (secondary N) is 1. The third kappa shape index (κ3) is 6.34. The molecule has 42 heavy (non-hydrogen) atoms. The van der Waals surface area contributed by atoms with Crippen molar-refractivity contribution in [2.75, 3.05) is 19.7 Å². The summed E-state index contributed by atoms with van der Waals surface area (Å²) in [6, 6.07) is 16.9. The van der Waals surface area contributed by atoms with Gasteiger partial charge < -0.3 is 14.8 Å². The summed E-state index contributed by atoms with van der Waals surface area (Å²) in [6.45, 7) is 2.23. The third-order valence-corrected chi connectivity index (χ3v) is 7.74. The van der Waals surface area contributed by atoms with Crippen LogP contribution in [0.2, 0.25) is 0 Å². The standard InChI is InChI=1S/C32H32F4N4O2/c33-31-25-17-22(11-13-27(25)40(39-31)29-10-4-5-16-41-29)30(26(18-32(34,35)36)21-7-2-1-3-8-21)23-12-14-28(38-19-23)42-24-9-6-15-37-20-24/h1-3,7-8,11-14,17,19,24,29,37H,4-6,9-10,15-16,18,20H2/b30-26-/t24-,29?/m0/s1. The van der Waals surface area contributed by atoms with E-state index in [2.05, 4.69) is 15.4 Å². The Morgan fingerprint density at radius 1 is 0.976 bits per heavy atom. The normalized spacial score (nSPS) is 20.4. The summed E-state index contributed by atoms with van der Waals surface area (Å²) in [6.07, 6.45) is -0.0438. The largest absolute Gasteiger partial charge is 0.473 e. The highest BCUT2D eigenvalue weighted by atomic mass is 19.4. The Hall–Kier alpha value is -3.76. The van der Waals surface area contributed by atoms with Crippen molar-refractivity contribution in [1.29, 1.82) is 0 Å². The van der Waals surface area contributed by atoms with Gasteiger partial charge in [0.15, 0.2) is 6.23 Å². The second-order valence-corrected chi connectivity index (χ2v) is 10.8. The number of fused-ring (bicyclic) bond motifs is 1. The highest BCUT2D eigenvalue weighted by Gasteiger charge is 2.32. The van der Waals surface area contributed by atoms with Crippen LogP contribution in [0.5, 0.6) is 5.88 Å². The SMILES string of the molecule is Fc1nn(C2CCCCO2)c2ccc(/C(=C(\CC(F)(F)F)c3ccccc3)c3ccc(O[C@H]4CCCNC4)nc3)cc12. The predicted octanol–water partition coefficient (Wildman–Crippen LogP) is 7.31. The zero-order chi connectivity index (χ0) is 29.1. The van der Waals surface area contributed by atoms with E-state index in [0.29, 0.717) is 53.2 Å². The maximum atomic E-state index is 15.3. The average molecular weight is 581 g/mol. The first-order valence-corrected chi connectivity index (χ1v) is 14.3. The van der Waals surface area contributed by atoms with Gasteiger partial charge in [0.05, 0.1) is 17.3 Å². The fourth-order valence-corrected chi connectivity index (χ4v) is 5.77. The van der Waals surface area contributed by atoms with Crippen LogP contribution in [0.1, 0.15) is 61.4 Å². The minimum Gasteiger partial charge on any atom is -0.473 e. The molecule has 0 radical (unpaired) electrons. The average Bonchev–Trinajstić information content (AvgIpc) is 3.34. The molecule has 1 unspecified atom stereocenters. The monoisotopic (exact) mass is 580 g/mol. The van der Waals surface area contributed by atoms with Crippen LogP contribution in [-0.2, 0) is 4.74 Å². The summed E-state index contributed by atoms with van der Waals surface area (Å²) in [7, 11) is 0. The van der Waals surface area contributed by atoms with Crippen molar-refractivity contribution in [2.24, 2.45) is 0 Å². The Bertz CT molecular complexity index is 1540. The van der Waals surface area contributed by atoms with E-state index >= 15 is 4.39 Å². The lowest BCUT2D eigenvalue weighted by molar-refractivity contribution is -0.122. The number of hydrogen-bond acceptors (Lipinski definition) is 5. The van der Waals surface area contributed by atoms with Gasteiger partial charge in [0.25, 0.3) is 0 Å². The van der Waals surface area contributed by atoms with E-state index < -0.39 is 18.5 Å². The van der Waals surface area contributed by atoms with Gasteiger partial charge in [-0.05, 0) is 79.1 Å². The Morgan fingerprint density at radius 3 is 2.50 bits per heavy atom. The Labute approximate surface area is 241 Å². The van der Waals surface area contributed by atoms with E-state index in [0.717, 1.165) is 32.2 Å². The van der Waals surface area contributed by atoms with E-state index in [4.69, 9.17) is 9.47 Å². The van der Waals surface area contributed by atoms with Crippen LogP contribution in [-0.4, -0.2) is 46.7 Å². The first-order chi connectivity index (χ1) is 20.4. The molecular weight excluding hydrogens is 548 g/mol. The van der Waals surface area contributed by atoms with Crippen molar-refractivity contribution in [3.8, 4) is 5.88 Å². The predicted molar refractivity (Wildman–Crippen MR) is 152 cm³/mol. The lowest BCUT2D eigenvalue weighted by Gasteiger charge is -2.24. The van der Waals surface area contributed by atoms with Crippen molar-refractivity contribution in [3.63, 3.8) is 0 Å². The van der Waals surface area contributed by atoms with Gasteiger partial charge in [-0.25, -0.2) is 9.67 Å².